The molecule has 0 fully saturated rings. The molecule has 0 aliphatic carbocycles. The minimum atomic E-state index is -0.295. The molecule has 0 unspecified atom stereocenters. The van der Waals surface area contributed by atoms with E-state index in [2.05, 4.69) is 63.7 Å². The maximum Gasteiger partial charge on any atom is 0.272 e. The molecule has 0 saturated heterocycles. The first-order valence-electron chi connectivity index (χ1n) is 12.2. The van der Waals surface area contributed by atoms with Crippen LogP contribution >= 0.6 is 0 Å². The van der Waals surface area contributed by atoms with Crippen molar-refractivity contribution in [2.75, 3.05) is 11.4 Å². The van der Waals surface area contributed by atoms with Crippen LogP contribution in [0.2, 0.25) is 0 Å². The van der Waals surface area contributed by atoms with E-state index in [-0.39, 0.29) is 5.91 Å². The highest BCUT2D eigenvalue weighted by atomic mass is 16.2. The fourth-order valence-corrected chi connectivity index (χ4v) is 4.21. The normalized spacial score (nSPS) is 11.1. The monoisotopic (exact) mass is 485 g/mol. The van der Waals surface area contributed by atoms with E-state index in [0.29, 0.717) is 11.3 Å². The Labute approximate surface area is 216 Å². The fourth-order valence-electron chi connectivity index (χ4n) is 4.21. The van der Waals surface area contributed by atoms with Crippen molar-refractivity contribution in [3.05, 3.63) is 126 Å². The molecule has 5 aromatic rings. The lowest BCUT2D eigenvalue weighted by Crippen LogP contribution is -2.21. The molecule has 0 aliphatic heterocycles. The highest BCUT2D eigenvalue weighted by molar-refractivity contribution is 6.07. The first-order chi connectivity index (χ1) is 18.2. The second-order valence-electron chi connectivity index (χ2n) is 8.60. The average Bonchev–Trinajstić information content (AvgIpc) is 2.96. The lowest BCUT2D eigenvalue weighted by molar-refractivity contribution is 0.0956. The molecule has 0 saturated carbocycles. The van der Waals surface area contributed by atoms with E-state index >= 15 is 0 Å². The smallest absolute Gasteiger partial charge is 0.272 e. The summed E-state index contributed by atoms with van der Waals surface area (Å²) in [5.41, 5.74) is 8.77. The fraction of sp³-hybridized carbons (Fsp3) is 0.0968. The van der Waals surface area contributed by atoms with E-state index in [1.165, 1.54) is 5.56 Å². The number of hydrogen-bond donors (Lipinski definition) is 1. The van der Waals surface area contributed by atoms with Crippen LogP contribution in [0.25, 0.3) is 22.2 Å². The van der Waals surface area contributed by atoms with Crippen LogP contribution in [0.4, 0.5) is 5.69 Å². The lowest BCUT2D eigenvalue weighted by Gasteiger charge is -2.23. The van der Waals surface area contributed by atoms with Gasteiger partial charge in [-0.05, 0) is 54.4 Å². The van der Waals surface area contributed by atoms with E-state index in [9.17, 15) is 4.79 Å². The highest BCUT2D eigenvalue weighted by Crippen LogP contribution is 2.24. The van der Waals surface area contributed by atoms with Crippen molar-refractivity contribution in [1.29, 1.82) is 0 Å². The summed E-state index contributed by atoms with van der Waals surface area (Å²) >= 11 is 0. The number of hydrogen-bond acceptors (Lipinski definition) is 5. The lowest BCUT2D eigenvalue weighted by atomic mass is 10.0. The van der Waals surface area contributed by atoms with Crippen molar-refractivity contribution in [2.45, 2.75) is 13.5 Å². The molecule has 0 bridgehead atoms. The summed E-state index contributed by atoms with van der Waals surface area (Å²) in [6.45, 7) is 3.90. The molecule has 6 nitrogen and oxygen atoms in total. The second-order valence-corrected chi connectivity index (χ2v) is 8.60. The molecule has 2 heterocycles. The summed E-state index contributed by atoms with van der Waals surface area (Å²) in [4.78, 5) is 24.3. The molecule has 1 amide bonds. The van der Waals surface area contributed by atoms with Gasteiger partial charge in [0.05, 0.1) is 23.0 Å². The Hall–Kier alpha value is -4.84. The molecular formula is C31H27N5O. The number of para-hydroxylation sites is 1. The van der Waals surface area contributed by atoms with Gasteiger partial charge < -0.3 is 4.90 Å². The van der Waals surface area contributed by atoms with Crippen molar-refractivity contribution < 1.29 is 4.79 Å². The third-order valence-corrected chi connectivity index (χ3v) is 6.15. The average molecular weight is 486 g/mol. The number of hydrazone groups is 1. The summed E-state index contributed by atoms with van der Waals surface area (Å²) in [6.07, 6.45) is 5.10. The largest absolute Gasteiger partial charge is 0.367 e. The Morgan fingerprint density at radius 1 is 0.946 bits per heavy atom. The number of benzene rings is 3. The molecule has 0 spiro atoms. The number of nitrogens with zero attached hydrogens (tertiary/aromatic N) is 4. The predicted octanol–water partition coefficient (Wildman–Crippen LogP) is 6.09. The van der Waals surface area contributed by atoms with Crippen LogP contribution in [0, 0.1) is 0 Å². The zero-order chi connectivity index (χ0) is 25.5. The highest BCUT2D eigenvalue weighted by Gasteiger charge is 2.13. The number of carbonyl (C=O) groups is 1. The number of rotatable bonds is 8. The van der Waals surface area contributed by atoms with Crippen LogP contribution in [0.5, 0.6) is 0 Å². The first kappa shape index (κ1) is 23.9. The molecular weight excluding hydrogens is 458 g/mol. The van der Waals surface area contributed by atoms with Gasteiger partial charge in [0.15, 0.2) is 0 Å². The van der Waals surface area contributed by atoms with E-state index in [1.807, 2.05) is 54.6 Å². The van der Waals surface area contributed by atoms with Crippen molar-refractivity contribution in [1.82, 2.24) is 15.4 Å². The van der Waals surface area contributed by atoms with Gasteiger partial charge in [-0.1, -0.05) is 60.7 Å². The minimum Gasteiger partial charge on any atom is -0.367 e. The number of amides is 1. The van der Waals surface area contributed by atoms with Crippen LogP contribution in [-0.4, -0.2) is 28.6 Å². The van der Waals surface area contributed by atoms with Crippen LogP contribution in [-0.2, 0) is 6.54 Å². The van der Waals surface area contributed by atoms with Gasteiger partial charge in [0.2, 0.25) is 0 Å². The zero-order valence-corrected chi connectivity index (χ0v) is 20.6. The predicted molar refractivity (Wildman–Crippen MR) is 150 cm³/mol. The summed E-state index contributed by atoms with van der Waals surface area (Å²) in [6, 6.07) is 31.7. The first-order valence-corrected chi connectivity index (χ1v) is 12.2. The third kappa shape index (κ3) is 5.70. The maximum atomic E-state index is 13.1. The van der Waals surface area contributed by atoms with E-state index < -0.39 is 0 Å². The van der Waals surface area contributed by atoms with Crippen molar-refractivity contribution in [3.8, 4) is 11.3 Å². The number of anilines is 1. The van der Waals surface area contributed by atoms with Gasteiger partial charge in [0.25, 0.3) is 5.91 Å². The van der Waals surface area contributed by atoms with Crippen molar-refractivity contribution in [3.63, 3.8) is 0 Å². The van der Waals surface area contributed by atoms with Gasteiger partial charge in [-0.15, -0.1) is 0 Å². The van der Waals surface area contributed by atoms with E-state index in [4.69, 9.17) is 4.98 Å². The van der Waals surface area contributed by atoms with Crippen LogP contribution in [0.3, 0.4) is 0 Å². The summed E-state index contributed by atoms with van der Waals surface area (Å²) in [5.74, 6) is -0.295. The Kier molecular flexibility index (Phi) is 7.27. The van der Waals surface area contributed by atoms with Crippen molar-refractivity contribution >= 4 is 28.7 Å². The van der Waals surface area contributed by atoms with Gasteiger partial charge in [-0.2, -0.15) is 5.10 Å². The zero-order valence-electron chi connectivity index (χ0n) is 20.6. The molecule has 0 radical (unpaired) electrons. The third-order valence-electron chi connectivity index (χ3n) is 6.15. The Morgan fingerprint density at radius 2 is 1.73 bits per heavy atom. The summed E-state index contributed by atoms with van der Waals surface area (Å²) in [5, 5.41) is 4.99. The maximum absolute atomic E-state index is 13.1. The topological polar surface area (TPSA) is 70.5 Å². The van der Waals surface area contributed by atoms with Crippen LogP contribution in [0.15, 0.2) is 115 Å². The van der Waals surface area contributed by atoms with Crippen molar-refractivity contribution in [2.24, 2.45) is 5.10 Å². The van der Waals surface area contributed by atoms with E-state index in [1.54, 1.807) is 24.7 Å². The van der Waals surface area contributed by atoms with E-state index in [0.717, 1.165) is 40.8 Å². The molecule has 2 aromatic heterocycles. The SMILES string of the molecule is CCN(Cc1ccccc1)c1ccc(C=NNC(=O)c2cc(-c3cccnc3)nc3ccccc23)cc1. The van der Waals surface area contributed by atoms with Gasteiger partial charge in [-0.3, -0.25) is 9.78 Å². The number of carbonyl (C=O) groups excluding carboxylic acids is 1. The summed E-state index contributed by atoms with van der Waals surface area (Å²) in [7, 11) is 0. The van der Waals surface area contributed by atoms with Gasteiger partial charge in [-0.25, -0.2) is 10.4 Å². The number of fused-ring (bicyclic) bond motifs is 1. The Morgan fingerprint density at radius 3 is 2.49 bits per heavy atom. The summed E-state index contributed by atoms with van der Waals surface area (Å²) < 4.78 is 0. The number of nitrogens with one attached hydrogen (secondary N) is 1. The van der Waals surface area contributed by atoms with Crippen LogP contribution in [0.1, 0.15) is 28.4 Å². The Bertz CT molecular complexity index is 1520. The molecule has 0 atom stereocenters. The standard InChI is InChI=1S/C31H27N5O/c1-2-36(22-24-9-4-3-5-10-24)26-16-14-23(15-17-26)20-33-35-31(37)28-19-30(25-11-8-18-32-21-25)34-29-13-7-6-12-27(28)29/h3-21H,2,22H2,1H3,(H,35,37). The molecule has 1 N–H and O–H groups in total. The molecule has 3 aromatic carbocycles. The van der Waals surface area contributed by atoms with Gasteiger partial charge in [0.1, 0.15) is 0 Å². The molecule has 6 heteroatoms. The number of pyridine rings is 2. The quantitative estimate of drug-likeness (QED) is 0.213. The number of aromatic nitrogens is 2. The minimum absolute atomic E-state index is 0.295. The molecule has 37 heavy (non-hydrogen) atoms. The Balaban J connectivity index is 1.31. The van der Waals surface area contributed by atoms with Crippen LogP contribution < -0.4 is 10.3 Å². The second kappa shape index (κ2) is 11.3. The van der Waals surface area contributed by atoms with Gasteiger partial charge >= 0.3 is 0 Å². The van der Waals surface area contributed by atoms with Gasteiger partial charge in [0, 0.05) is 42.1 Å². The molecule has 0 aliphatic rings. The molecule has 5 rings (SSSR count). The molecule has 182 valence electrons.